The van der Waals surface area contributed by atoms with Gasteiger partial charge in [0.25, 0.3) is 0 Å². The number of hydrogen-bond donors (Lipinski definition) is 2. The molecule has 2 unspecified atom stereocenters. The van der Waals surface area contributed by atoms with Crippen LogP contribution in [0.5, 0.6) is 0 Å². The van der Waals surface area contributed by atoms with E-state index in [1.165, 1.54) is 6.07 Å². The maximum absolute atomic E-state index is 12.5. The Balaban J connectivity index is 1.91. The van der Waals surface area contributed by atoms with Crippen LogP contribution in [0.3, 0.4) is 0 Å². The molecular weight excluding hydrogens is 298 g/mol. The Morgan fingerprint density at radius 3 is 2.80 bits per heavy atom. The van der Waals surface area contributed by atoms with Crippen molar-refractivity contribution in [1.82, 2.24) is 4.72 Å². The van der Waals surface area contributed by atoms with Crippen LogP contribution in [0.2, 0.25) is 0 Å². The van der Waals surface area contributed by atoms with Gasteiger partial charge in [0.2, 0.25) is 10.0 Å². The lowest BCUT2D eigenvalue weighted by molar-refractivity contribution is -0.0645. The molecule has 1 aliphatic carbocycles. The molecule has 1 fully saturated rings. The number of sulfonamides is 1. The van der Waals surface area contributed by atoms with Crippen molar-refractivity contribution in [2.24, 2.45) is 14.1 Å². The van der Waals surface area contributed by atoms with E-state index in [1.54, 1.807) is 12.1 Å². The first-order chi connectivity index (χ1) is 9.32. The molecule has 0 saturated heterocycles. The molecule has 2 atom stereocenters. The zero-order valence-electron chi connectivity index (χ0n) is 11.1. The minimum Gasteiger partial charge on any atom is -0.392 e. The first kappa shape index (κ1) is 13.9. The highest BCUT2D eigenvalue weighted by atomic mass is 32.2. The molecule has 1 saturated carbocycles. The van der Waals surface area contributed by atoms with E-state index in [-0.39, 0.29) is 10.9 Å². The summed E-state index contributed by atoms with van der Waals surface area (Å²) in [4.78, 5) is 0.140. The minimum absolute atomic E-state index is 0.140. The molecule has 108 valence electrons. The van der Waals surface area contributed by atoms with E-state index in [4.69, 9.17) is 0 Å². The average molecular weight is 313 g/mol. The molecule has 3 rings (SSSR count). The van der Waals surface area contributed by atoms with Crippen LogP contribution in [0.15, 0.2) is 31.8 Å². The summed E-state index contributed by atoms with van der Waals surface area (Å²) in [5, 5.41) is 9.70. The van der Waals surface area contributed by atoms with Crippen LogP contribution in [0.1, 0.15) is 20.3 Å². The van der Waals surface area contributed by atoms with Gasteiger partial charge in [0.1, 0.15) is 16.3 Å². The first-order valence-electron chi connectivity index (χ1n) is 6.24. The normalized spacial score (nSPS) is 26.8. The third kappa shape index (κ3) is 2.03. The second-order valence-corrected chi connectivity index (χ2v) is 7.85. The number of fused-ring (bicyclic) bond motifs is 1. The van der Waals surface area contributed by atoms with Crippen LogP contribution in [-0.2, 0) is 21.4 Å². The van der Waals surface area contributed by atoms with Gasteiger partial charge in [-0.1, -0.05) is 19.9 Å². The number of nitrogens with one attached hydrogen (secondary N) is 1. The Morgan fingerprint density at radius 1 is 1.40 bits per heavy atom. The summed E-state index contributed by atoms with van der Waals surface area (Å²) in [6.45, 7) is 3.69. The number of rotatable bonds is 3. The monoisotopic (exact) mass is 313 g/mol. The lowest BCUT2D eigenvalue weighted by atomic mass is 9.65. The SMILES string of the molecule is CC1(C)C(O)CC1NS(=O)(=O)c1cccc2c1N=S=N2. The van der Waals surface area contributed by atoms with Crippen molar-refractivity contribution < 1.29 is 13.5 Å². The van der Waals surface area contributed by atoms with Crippen molar-refractivity contribution in [2.75, 3.05) is 0 Å². The predicted molar refractivity (Wildman–Crippen MR) is 76.5 cm³/mol. The van der Waals surface area contributed by atoms with Gasteiger partial charge >= 0.3 is 0 Å². The third-order valence-electron chi connectivity index (χ3n) is 4.05. The number of nitrogens with zero attached hydrogens (tertiary/aromatic N) is 2. The van der Waals surface area contributed by atoms with Crippen molar-refractivity contribution in [3.63, 3.8) is 0 Å². The summed E-state index contributed by atoms with van der Waals surface area (Å²) in [6, 6.07) is 4.63. The van der Waals surface area contributed by atoms with Crippen molar-refractivity contribution in [2.45, 2.75) is 37.3 Å². The van der Waals surface area contributed by atoms with Gasteiger partial charge in [0.15, 0.2) is 0 Å². The zero-order chi connectivity index (χ0) is 14.5. The van der Waals surface area contributed by atoms with E-state index in [9.17, 15) is 13.5 Å². The Labute approximate surface area is 121 Å². The molecule has 1 aromatic rings. The molecule has 1 heterocycles. The summed E-state index contributed by atoms with van der Waals surface area (Å²) >= 11 is 0.990. The Hall–Kier alpha value is -1.09. The minimum atomic E-state index is -3.67. The first-order valence-corrected chi connectivity index (χ1v) is 8.45. The fourth-order valence-corrected chi connectivity index (χ4v) is 4.52. The van der Waals surface area contributed by atoms with Gasteiger partial charge in [-0.2, -0.15) is 8.73 Å². The van der Waals surface area contributed by atoms with Gasteiger partial charge in [-0.3, -0.25) is 0 Å². The summed E-state index contributed by atoms with van der Waals surface area (Å²) in [5.41, 5.74) is 0.509. The fourth-order valence-electron chi connectivity index (χ4n) is 2.35. The predicted octanol–water partition coefficient (Wildman–Crippen LogP) is 1.85. The highest BCUT2D eigenvalue weighted by Gasteiger charge is 2.49. The van der Waals surface area contributed by atoms with E-state index in [0.29, 0.717) is 17.8 Å². The maximum atomic E-state index is 12.5. The molecule has 1 aliphatic heterocycles. The highest BCUT2D eigenvalue weighted by Crippen LogP contribution is 2.42. The van der Waals surface area contributed by atoms with Crippen LogP contribution in [0, 0.1) is 5.41 Å². The molecule has 6 nitrogen and oxygen atoms in total. The summed E-state index contributed by atoms with van der Waals surface area (Å²) < 4.78 is 35.7. The van der Waals surface area contributed by atoms with Gasteiger partial charge in [0.05, 0.1) is 17.5 Å². The third-order valence-corrected chi connectivity index (χ3v) is 6.10. The van der Waals surface area contributed by atoms with Gasteiger partial charge in [0, 0.05) is 11.5 Å². The average Bonchev–Trinajstić information content (AvgIpc) is 2.86. The lowest BCUT2D eigenvalue weighted by Gasteiger charge is -2.49. The molecule has 1 aromatic carbocycles. The number of benzene rings is 1. The van der Waals surface area contributed by atoms with Crippen molar-refractivity contribution in [1.29, 1.82) is 0 Å². The largest absolute Gasteiger partial charge is 0.392 e. The van der Waals surface area contributed by atoms with Crippen LogP contribution >= 0.6 is 0 Å². The van der Waals surface area contributed by atoms with Gasteiger partial charge in [-0.25, -0.2) is 13.1 Å². The highest BCUT2D eigenvalue weighted by molar-refractivity contribution is 7.89. The van der Waals surface area contributed by atoms with Gasteiger partial charge in [-0.15, -0.1) is 0 Å². The number of hydrogen-bond acceptors (Lipinski definition) is 5. The smallest absolute Gasteiger partial charge is 0.243 e. The number of aliphatic hydroxyl groups is 1. The quantitative estimate of drug-likeness (QED) is 0.906. The van der Waals surface area contributed by atoms with Crippen molar-refractivity contribution in [3.05, 3.63) is 18.2 Å². The van der Waals surface area contributed by atoms with Crippen LogP contribution in [0.4, 0.5) is 11.4 Å². The topological polar surface area (TPSA) is 91.1 Å². The van der Waals surface area contributed by atoms with Crippen LogP contribution in [-0.4, -0.2) is 25.7 Å². The molecule has 20 heavy (non-hydrogen) atoms. The van der Waals surface area contributed by atoms with Crippen LogP contribution < -0.4 is 4.72 Å². The van der Waals surface area contributed by atoms with Crippen molar-refractivity contribution >= 4 is 32.8 Å². The second kappa shape index (κ2) is 4.45. The molecule has 0 spiro atoms. The molecule has 0 radical (unpaired) electrons. The molecule has 0 bridgehead atoms. The summed E-state index contributed by atoms with van der Waals surface area (Å²) in [6.07, 6.45) is -0.0516. The summed E-state index contributed by atoms with van der Waals surface area (Å²) in [7, 11) is -3.67. The molecular formula is C12H15N3O3S2. The summed E-state index contributed by atoms with van der Waals surface area (Å²) in [5.74, 6) is 0. The molecule has 8 heteroatoms. The maximum Gasteiger partial charge on any atom is 0.243 e. The Bertz CT molecular complexity index is 736. The Morgan fingerprint density at radius 2 is 2.15 bits per heavy atom. The van der Waals surface area contributed by atoms with Gasteiger partial charge in [-0.05, 0) is 18.6 Å². The Kier molecular flexibility index (Phi) is 3.09. The van der Waals surface area contributed by atoms with E-state index in [1.807, 2.05) is 13.8 Å². The lowest BCUT2D eigenvalue weighted by Crippen LogP contribution is -2.61. The van der Waals surface area contributed by atoms with E-state index in [2.05, 4.69) is 13.4 Å². The van der Waals surface area contributed by atoms with E-state index < -0.39 is 21.5 Å². The molecule has 2 N–H and O–H groups in total. The van der Waals surface area contributed by atoms with Gasteiger partial charge < -0.3 is 5.11 Å². The van der Waals surface area contributed by atoms with E-state index >= 15 is 0 Å². The van der Waals surface area contributed by atoms with Crippen LogP contribution in [0.25, 0.3) is 0 Å². The fraction of sp³-hybridized carbons (Fsp3) is 0.500. The van der Waals surface area contributed by atoms with E-state index in [0.717, 1.165) is 11.4 Å². The molecule has 0 amide bonds. The molecule has 2 aliphatic rings. The zero-order valence-corrected chi connectivity index (χ0v) is 12.7. The molecule has 0 aromatic heterocycles. The number of aliphatic hydroxyl groups excluding tert-OH is 1. The van der Waals surface area contributed by atoms with Crippen molar-refractivity contribution in [3.8, 4) is 0 Å². The standard InChI is InChI=1S/C12H15N3O3S2/c1-12(2)9(6-10(12)16)15-20(17,18)8-5-3-4-7-11(8)14-19-13-7/h3-5,9-10,15-16H,6H2,1-2H3. The second-order valence-electron chi connectivity index (χ2n) is 5.63.